The number of benzene rings is 2. The Labute approximate surface area is 195 Å². The van der Waals surface area contributed by atoms with Crippen molar-refractivity contribution >= 4 is 23.7 Å². The Morgan fingerprint density at radius 1 is 0.818 bits per heavy atom. The fraction of sp³-hybridized carbons (Fsp3) is 0.333. The number of allylic oxidation sites excluding steroid dienone is 2. The van der Waals surface area contributed by atoms with E-state index in [2.05, 4.69) is 6.92 Å². The number of phenols is 2. The van der Waals surface area contributed by atoms with E-state index in [1.54, 1.807) is 36.4 Å². The van der Waals surface area contributed by atoms with Gasteiger partial charge in [0, 0.05) is 0 Å². The van der Waals surface area contributed by atoms with Crippen molar-refractivity contribution in [2.75, 3.05) is 13.7 Å². The van der Waals surface area contributed by atoms with E-state index in [9.17, 15) is 19.8 Å². The van der Waals surface area contributed by atoms with Gasteiger partial charge in [0.2, 0.25) is 0 Å². The highest BCUT2D eigenvalue weighted by Crippen LogP contribution is 2.28. The SMILES string of the molecule is CCCCCCCOc1cc(/C=C/C(=O)CC(=O)/C=C/c2ccc(O)c(OC)c2)ccc1O. The molecule has 0 aliphatic rings. The van der Waals surface area contributed by atoms with E-state index < -0.39 is 0 Å². The van der Waals surface area contributed by atoms with Crippen LogP contribution in [-0.2, 0) is 9.59 Å². The molecule has 0 unspecified atom stereocenters. The summed E-state index contributed by atoms with van der Waals surface area (Å²) in [5.41, 5.74) is 1.37. The van der Waals surface area contributed by atoms with Crippen LogP contribution in [0.15, 0.2) is 48.6 Å². The Kier molecular flexibility index (Phi) is 10.7. The van der Waals surface area contributed by atoms with Gasteiger partial charge in [0.05, 0.1) is 20.1 Å². The highest BCUT2D eigenvalue weighted by molar-refractivity contribution is 6.10. The number of carbonyl (C=O) groups excluding carboxylic acids is 2. The Balaban J connectivity index is 1.87. The molecule has 2 rings (SSSR count). The number of hydrogen-bond donors (Lipinski definition) is 2. The molecule has 2 N–H and O–H groups in total. The number of unbranched alkanes of at least 4 members (excludes halogenated alkanes) is 4. The van der Waals surface area contributed by atoms with Gasteiger partial charge in [0.15, 0.2) is 34.6 Å². The number of phenolic OH excluding ortho intramolecular Hbond substituents is 2. The second-order valence-electron chi connectivity index (χ2n) is 7.70. The van der Waals surface area contributed by atoms with Crippen LogP contribution in [0, 0.1) is 0 Å². The van der Waals surface area contributed by atoms with Crippen molar-refractivity contribution < 1.29 is 29.3 Å². The quantitative estimate of drug-likeness (QED) is 0.217. The average Bonchev–Trinajstić information content (AvgIpc) is 2.81. The first kappa shape index (κ1) is 25.7. The molecule has 6 heteroatoms. The monoisotopic (exact) mass is 452 g/mol. The molecule has 2 aromatic rings. The fourth-order valence-electron chi connectivity index (χ4n) is 3.10. The predicted molar refractivity (Wildman–Crippen MR) is 130 cm³/mol. The third-order valence-corrected chi connectivity index (χ3v) is 4.96. The minimum Gasteiger partial charge on any atom is -0.504 e. The van der Waals surface area contributed by atoms with Gasteiger partial charge in [0.25, 0.3) is 0 Å². The molecule has 0 aliphatic carbocycles. The van der Waals surface area contributed by atoms with Crippen molar-refractivity contribution in [3.63, 3.8) is 0 Å². The summed E-state index contributed by atoms with van der Waals surface area (Å²) in [5.74, 6) is 0.0731. The lowest BCUT2D eigenvalue weighted by Crippen LogP contribution is -2.02. The predicted octanol–water partition coefficient (Wildman–Crippen LogP) is 5.71. The zero-order valence-electron chi connectivity index (χ0n) is 19.3. The van der Waals surface area contributed by atoms with Crippen molar-refractivity contribution in [3.05, 3.63) is 59.7 Å². The molecule has 0 aliphatic heterocycles. The number of ether oxygens (including phenoxy) is 2. The summed E-state index contributed by atoms with van der Waals surface area (Å²) in [4.78, 5) is 24.3. The Morgan fingerprint density at radius 2 is 1.36 bits per heavy atom. The summed E-state index contributed by atoms with van der Waals surface area (Å²) in [5, 5.41) is 19.6. The highest BCUT2D eigenvalue weighted by atomic mass is 16.5. The fourth-order valence-corrected chi connectivity index (χ4v) is 3.10. The van der Waals surface area contributed by atoms with Crippen LogP contribution in [0.5, 0.6) is 23.0 Å². The molecule has 0 atom stereocenters. The van der Waals surface area contributed by atoms with Crippen LogP contribution in [0.25, 0.3) is 12.2 Å². The summed E-state index contributed by atoms with van der Waals surface area (Å²) in [6.07, 6.45) is 11.1. The van der Waals surface area contributed by atoms with Crippen molar-refractivity contribution in [2.45, 2.75) is 45.4 Å². The summed E-state index contributed by atoms with van der Waals surface area (Å²) >= 11 is 0. The maximum absolute atomic E-state index is 12.2. The second-order valence-corrected chi connectivity index (χ2v) is 7.70. The number of rotatable bonds is 14. The molecular formula is C27H32O6. The van der Waals surface area contributed by atoms with Crippen LogP contribution in [0.2, 0.25) is 0 Å². The topological polar surface area (TPSA) is 93.1 Å². The summed E-state index contributed by atoms with van der Waals surface area (Å²) in [6, 6.07) is 9.57. The van der Waals surface area contributed by atoms with Crippen LogP contribution >= 0.6 is 0 Å². The minimum absolute atomic E-state index is 0.0102. The molecule has 0 saturated heterocycles. The van der Waals surface area contributed by atoms with E-state index in [0.717, 1.165) is 12.8 Å². The number of hydrogen-bond acceptors (Lipinski definition) is 6. The van der Waals surface area contributed by atoms with E-state index in [1.165, 1.54) is 50.7 Å². The van der Waals surface area contributed by atoms with E-state index in [-0.39, 0.29) is 29.5 Å². The van der Waals surface area contributed by atoms with Gasteiger partial charge in [-0.2, -0.15) is 0 Å². The Hall–Kier alpha value is -3.54. The molecule has 2 aromatic carbocycles. The minimum atomic E-state index is -0.338. The van der Waals surface area contributed by atoms with Gasteiger partial charge in [-0.25, -0.2) is 0 Å². The number of ketones is 2. The van der Waals surface area contributed by atoms with Gasteiger partial charge < -0.3 is 19.7 Å². The first-order chi connectivity index (χ1) is 15.9. The van der Waals surface area contributed by atoms with Crippen LogP contribution in [-0.4, -0.2) is 35.5 Å². The number of carbonyl (C=O) groups is 2. The molecule has 0 spiro atoms. The first-order valence-electron chi connectivity index (χ1n) is 11.2. The molecule has 0 heterocycles. The normalized spacial score (nSPS) is 11.2. The van der Waals surface area contributed by atoms with Crippen LogP contribution in [0.3, 0.4) is 0 Å². The Bertz CT molecular complexity index is 990. The molecule has 33 heavy (non-hydrogen) atoms. The molecule has 0 fully saturated rings. The Morgan fingerprint density at radius 3 is 1.94 bits per heavy atom. The smallest absolute Gasteiger partial charge is 0.163 e. The van der Waals surface area contributed by atoms with Gasteiger partial charge in [-0.1, -0.05) is 56.9 Å². The maximum atomic E-state index is 12.2. The lowest BCUT2D eigenvalue weighted by molar-refractivity contribution is -0.121. The standard InChI is InChI=1S/C27H32O6/c1-3-4-5-6-7-16-33-27-18-21(11-15-25(27)31)9-13-23(29)19-22(28)12-8-20-10-14-24(30)26(17-20)32-2/h8-15,17-18,30-31H,3-7,16,19H2,1-2H3/b12-8+,13-9+. The van der Waals surface area contributed by atoms with Gasteiger partial charge >= 0.3 is 0 Å². The molecule has 0 bridgehead atoms. The summed E-state index contributed by atoms with van der Waals surface area (Å²) < 4.78 is 10.7. The van der Waals surface area contributed by atoms with Gasteiger partial charge in [0.1, 0.15) is 0 Å². The average molecular weight is 453 g/mol. The van der Waals surface area contributed by atoms with Crippen molar-refractivity contribution in [1.29, 1.82) is 0 Å². The van der Waals surface area contributed by atoms with Crippen molar-refractivity contribution in [2.24, 2.45) is 0 Å². The largest absolute Gasteiger partial charge is 0.504 e. The number of aromatic hydroxyl groups is 2. The number of methoxy groups -OCH3 is 1. The summed E-state index contributed by atoms with van der Waals surface area (Å²) in [7, 11) is 1.44. The summed E-state index contributed by atoms with van der Waals surface area (Å²) in [6.45, 7) is 2.69. The molecular weight excluding hydrogens is 420 g/mol. The van der Waals surface area contributed by atoms with Crippen molar-refractivity contribution in [3.8, 4) is 23.0 Å². The van der Waals surface area contributed by atoms with Gasteiger partial charge in [-0.3, -0.25) is 9.59 Å². The van der Waals surface area contributed by atoms with Gasteiger partial charge in [-0.15, -0.1) is 0 Å². The third kappa shape index (κ3) is 9.23. The molecule has 0 amide bonds. The van der Waals surface area contributed by atoms with Crippen molar-refractivity contribution in [1.82, 2.24) is 0 Å². The van der Waals surface area contributed by atoms with E-state index in [0.29, 0.717) is 29.2 Å². The molecule has 0 aromatic heterocycles. The van der Waals surface area contributed by atoms with Crippen LogP contribution in [0.1, 0.15) is 56.6 Å². The van der Waals surface area contributed by atoms with E-state index in [4.69, 9.17) is 9.47 Å². The zero-order valence-corrected chi connectivity index (χ0v) is 19.3. The highest BCUT2D eigenvalue weighted by Gasteiger charge is 2.06. The van der Waals surface area contributed by atoms with E-state index >= 15 is 0 Å². The molecule has 0 radical (unpaired) electrons. The molecule has 0 saturated carbocycles. The lowest BCUT2D eigenvalue weighted by atomic mass is 10.1. The first-order valence-corrected chi connectivity index (χ1v) is 11.2. The third-order valence-electron chi connectivity index (χ3n) is 4.96. The lowest BCUT2D eigenvalue weighted by Gasteiger charge is -2.08. The van der Waals surface area contributed by atoms with E-state index in [1.807, 2.05) is 0 Å². The second kappa shape index (κ2) is 13.8. The van der Waals surface area contributed by atoms with Crippen LogP contribution < -0.4 is 9.47 Å². The van der Waals surface area contributed by atoms with Crippen LogP contribution in [0.4, 0.5) is 0 Å². The van der Waals surface area contributed by atoms with Gasteiger partial charge in [-0.05, 0) is 54.0 Å². The zero-order chi connectivity index (χ0) is 24.1. The molecule has 176 valence electrons. The maximum Gasteiger partial charge on any atom is 0.163 e. The molecule has 6 nitrogen and oxygen atoms in total.